The molecule has 3 rings (SSSR count). The molecule has 1 aromatic carbocycles. The van der Waals surface area contributed by atoms with Crippen LogP contribution in [-0.2, 0) is 11.2 Å². The van der Waals surface area contributed by atoms with Crippen molar-refractivity contribution in [2.75, 3.05) is 6.26 Å². The summed E-state index contributed by atoms with van der Waals surface area (Å²) in [6, 6.07) is 8.29. The van der Waals surface area contributed by atoms with Crippen LogP contribution in [0.25, 0.3) is 12.3 Å². The number of aromatic nitrogens is 3. The zero-order valence-corrected chi connectivity index (χ0v) is 11.7. The number of hydrogen-bond acceptors (Lipinski definition) is 3. The minimum absolute atomic E-state index is 0.191. The van der Waals surface area contributed by atoms with E-state index in [1.165, 1.54) is 11.1 Å². The molecule has 0 radical (unpaired) electrons. The molecule has 98 valence electrons. The van der Waals surface area contributed by atoms with Gasteiger partial charge < -0.3 is 4.55 Å². The Labute approximate surface area is 115 Å². The van der Waals surface area contributed by atoms with Gasteiger partial charge in [-0.15, -0.1) is 5.10 Å². The Morgan fingerprint density at radius 3 is 2.84 bits per heavy atom. The van der Waals surface area contributed by atoms with Gasteiger partial charge in [-0.25, -0.2) is 4.57 Å². The van der Waals surface area contributed by atoms with Crippen molar-refractivity contribution in [2.24, 2.45) is 0 Å². The summed E-state index contributed by atoms with van der Waals surface area (Å²) in [5.41, 5.74) is 2.44. The molecule has 1 aliphatic rings. The summed E-state index contributed by atoms with van der Waals surface area (Å²) < 4.78 is 13.6. The third kappa shape index (κ3) is 1.99. The smallest absolute Gasteiger partial charge is 0.347 e. The Morgan fingerprint density at radius 1 is 1.32 bits per heavy atom. The highest BCUT2D eigenvalue weighted by atomic mass is 32.2. The second-order valence-corrected chi connectivity index (χ2v) is 5.84. The monoisotopic (exact) mass is 273 g/mol. The zero-order valence-electron chi connectivity index (χ0n) is 10.9. The fraction of sp³-hybridized carbons (Fsp3) is 0.286. The van der Waals surface area contributed by atoms with Crippen LogP contribution in [0.3, 0.4) is 0 Å². The van der Waals surface area contributed by atoms with E-state index < -0.39 is 11.2 Å². The maximum atomic E-state index is 11.7. The fourth-order valence-corrected chi connectivity index (χ4v) is 3.13. The molecule has 0 saturated heterocycles. The molecule has 0 N–H and O–H groups in total. The zero-order chi connectivity index (χ0) is 13.4. The number of rotatable bonds is 2. The molecule has 2 heterocycles. The molecular weight excluding hydrogens is 258 g/mol. The Bertz CT molecular complexity index is 633. The largest absolute Gasteiger partial charge is 0.609 e. The van der Waals surface area contributed by atoms with Crippen molar-refractivity contribution < 1.29 is 4.55 Å². The second-order valence-electron chi connectivity index (χ2n) is 4.57. The minimum atomic E-state index is -1.14. The molecule has 0 saturated carbocycles. The van der Waals surface area contributed by atoms with Crippen LogP contribution in [0.2, 0.25) is 0 Å². The maximum absolute atomic E-state index is 11.7. The van der Waals surface area contributed by atoms with E-state index in [0.717, 1.165) is 12.2 Å². The summed E-state index contributed by atoms with van der Waals surface area (Å²) in [7, 11) is 0. The van der Waals surface area contributed by atoms with Crippen molar-refractivity contribution in [1.82, 2.24) is 14.8 Å². The SMILES string of the molecule is CCC1c2ccccc2C=Cn2c1nnc2[S+](C)[O-]. The lowest BCUT2D eigenvalue weighted by atomic mass is 9.92. The van der Waals surface area contributed by atoms with Crippen molar-refractivity contribution in [3.05, 3.63) is 41.2 Å². The predicted octanol–water partition coefficient (Wildman–Crippen LogP) is 2.50. The third-order valence-electron chi connectivity index (χ3n) is 3.44. The van der Waals surface area contributed by atoms with Crippen molar-refractivity contribution in [3.63, 3.8) is 0 Å². The summed E-state index contributed by atoms with van der Waals surface area (Å²) in [5, 5.41) is 8.84. The molecule has 1 aliphatic heterocycles. The van der Waals surface area contributed by atoms with Crippen LogP contribution >= 0.6 is 0 Å². The first kappa shape index (κ1) is 12.4. The van der Waals surface area contributed by atoms with E-state index in [9.17, 15) is 4.55 Å². The summed E-state index contributed by atoms with van der Waals surface area (Å²) >= 11 is -1.14. The third-order valence-corrected chi connectivity index (χ3v) is 4.24. The van der Waals surface area contributed by atoms with Crippen LogP contribution in [0.1, 0.15) is 36.2 Å². The second kappa shape index (κ2) is 4.83. The van der Waals surface area contributed by atoms with Gasteiger partial charge in [0.05, 0.1) is 0 Å². The van der Waals surface area contributed by atoms with E-state index in [1.807, 2.05) is 29.0 Å². The molecule has 0 spiro atoms. The highest BCUT2D eigenvalue weighted by Crippen LogP contribution is 2.33. The summed E-state index contributed by atoms with van der Waals surface area (Å²) in [6.45, 7) is 2.13. The molecular formula is C14H15N3OS. The summed E-state index contributed by atoms with van der Waals surface area (Å²) in [4.78, 5) is 0. The summed E-state index contributed by atoms with van der Waals surface area (Å²) in [5.74, 6) is 1.06. The molecule has 2 unspecified atom stereocenters. The topological polar surface area (TPSA) is 53.8 Å². The van der Waals surface area contributed by atoms with Gasteiger partial charge >= 0.3 is 5.16 Å². The van der Waals surface area contributed by atoms with Crippen LogP contribution in [0.5, 0.6) is 0 Å². The van der Waals surface area contributed by atoms with Crippen molar-refractivity contribution >= 4 is 23.5 Å². The average molecular weight is 273 g/mol. The van der Waals surface area contributed by atoms with E-state index in [0.29, 0.717) is 5.16 Å². The first-order valence-corrected chi connectivity index (χ1v) is 7.83. The lowest BCUT2D eigenvalue weighted by Gasteiger charge is -2.14. The first-order chi connectivity index (χ1) is 9.22. The lowest BCUT2D eigenvalue weighted by Crippen LogP contribution is -2.09. The fourth-order valence-electron chi connectivity index (χ4n) is 2.54. The summed E-state index contributed by atoms with van der Waals surface area (Å²) in [6.07, 6.45) is 6.52. The quantitative estimate of drug-likeness (QED) is 0.790. The van der Waals surface area contributed by atoms with Gasteiger partial charge in [0.2, 0.25) is 0 Å². The van der Waals surface area contributed by atoms with Crippen LogP contribution < -0.4 is 0 Å². The van der Waals surface area contributed by atoms with E-state index >= 15 is 0 Å². The number of hydrogen-bond donors (Lipinski definition) is 0. The standard InChI is InChI=1S/C14H15N3OS/c1-3-11-12-7-5-4-6-10(12)8-9-17-13(11)15-16-14(17)19(2)18/h4-9,11H,3H2,1-2H3. The Balaban J connectivity index is 2.21. The van der Waals surface area contributed by atoms with Crippen LogP contribution in [0.15, 0.2) is 29.4 Å². The van der Waals surface area contributed by atoms with Crippen LogP contribution in [0, 0.1) is 0 Å². The van der Waals surface area contributed by atoms with Gasteiger partial charge in [0.25, 0.3) is 0 Å². The Kier molecular flexibility index (Phi) is 3.16. The van der Waals surface area contributed by atoms with Crippen LogP contribution in [0.4, 0.5) is 0 Å². The molecule has 0 fully saturated rings. The lowest BCUT2D eigenvalue weighted by molar-refractivity contribution is 0.588. The molecule has 1 aromatic heterocycles. The molecule has 5 heteroatoms. The van der Waals surface area contributed by atoms with Crippen molar-refractivity contribution in [1.29, 1.82) is 0 Å². The van der Waals surface area contributed by atoms with Gasteiger partial charge in [-0.1, -0.05) is 36.3 Å². The van der Waals surface area contributed by atoms with E-state index in [-0.39, 0.29) is 5.92 Å². The van der Waals surface area contributed by atoms with Gasteiger partial charge in [0.1, 0.15) is 12.1 Å². The Hall–Kier alpha value is -1.59. The van der Waals surface area contributed by atoms with E-state index in [2.05, 4.69) is 29.3 Å². The van der Waals surface area contributed by atoms with Crippen molar-refractivity contribution in [3.8, 4) is 0 Å². The molecule has 0 amide bonds. The maximum Gasteiger partial charge on any atom is 0.347 e. The average Bonchev–Trinajstić information content (AvgIpc) is 2.76. The van der Waals surface area contributed by atoms with Crippen molar-refractivity contribution in [2.45, 2.75) is 24.4 Å². The van der Waals surface area contributed by atoms with Gasteiger partial charge in [-0.2, -0.15) is 0 Å². The molecule has 2 aromatic rings. The van der Waals surface area contributed by atoms with Gasteiger partial charge in [-0.3, -0.25) is 0 Å². The normalized spacial score (nSPS) is 18.6. The highest BCUT2D eigenvalue weighted by molar-refractivity contribution is 7.90. The molecule has 2 atom stereocenters. The first-order valence-electron chi connectivity index (χ1n) is 6.27. The van der Waals surface area contributed by atoms with E-state index in [4.69, 9.17) is 0 Å². The molecule has 4 nitrogen and oxygen atoms in total. The minimum Gasteiger partial charge on any atom is -0.609 e. The van der Waals surface area contributed by atoms with Gasteiger partial charge in [-0.05, 0) is 23.6 Å². The van der Waals surface area contributed by atoms with Gasteiger partial charge in [0, 0.05) is 23.3 Å². The van der Waals surface area contributed by atoms with Crippen LogP contribution in [-0.4, -0.2) is 25.6 Å². The predicted molar refractivity (Wildman–Crippen MR) is 76.2 cm³/mol. The highest BCUT2D eigenvalue weighted by Gasteiger charge is 2.27. The van der Waals surface area contributed by atoms with Gasteiger partial charge in [0.15, 0.2) is 0 Å². The molecule has 19 heavy (non-hydrogen) atoms. The Morgan fingerprint density at radius 2 is 2.11 bits per heavy atom. The van der Waals surface area contributed by atoms with E-state index in [1.54, 1.807) is 6.26 Å². The molecule has 0 bridgehead atoms. The molecule has 0 aliphatic carbocycles. The number of nitrogens with zero attached hydrogens (tertiary/aromatic N) is 3. The number of fused-ring (bicyclic) bond motifs is 2. The number of benzene rings is 1.